The second-order valence-electron chi connectivity index (χ2n) is 4.27. The van der Waals surface area contributed by atoms with Crippen LogP contribution in [0.25, 0.3) is 0 Å². The van der Waals surface area contributed by atoms with Crippen molar-refractivity contribution in [2.24, 2.45) is 0 Å². The fourth-order valence-corrected chi connectivity index (χ4v) is 2.20. The van der Waals surface area contributed by atoms with Crippen LogP contribution in [0, 0.1) is 0 Å². The third-order valence-corrected chi connectivity index (χ3v) is 3.84. The minimum atomic E-state index is -7.51. The third kappa shape index (κ3) is 2.80. The number of hydrogen-bond acceptors (Lipinski definition) is 5. The number of nitrogens with zero attached hydrogens (tertiary/aromatic N) is 1. The lowest BCUT2D eigenvalue weighted by Gasteiger charge is -2.32. The lowest BCUT2D eigenvalue weighted by molar-refractivity contribution is -0.383. The van der Waals surface area contributed by atoms with E-state index < -0.39 is 63.1 Å². The number of rotatable bonds is 5. The summed E-state index contributed by atoms with van der Waals surface area (Å²) < 4.78 is 138. The lowest BCUT2D eigenvalue weighted by Crippen LogP contribution is -2.63. The molecule has 6 nitrogen and oxygen atoms in total. The molecule has 1 fully saturated rings. The molecule has 1 saturated heterocycles. The van der Waals surface area contributed by atoms with Gasteiger partial charge in [0.1, 0.15) is 0 Å². The van der Waals surface area contributed by atoms with Gasteiger partial charge < -0.3 is 0 Å². The molecule has 0 bridgehead atoms. The minimum absolute atomic E-state index is 0.783. The Balaban J connectivity index is 3.30. The van der Waals surface area contributed by atoms with Gasteiger partial charge in [0.25, 0.3) is 11.8 Å². The predicted octanol–water partition coefficient (Wildman–Crippen LogP) is 1.82. The zero-order valence-electron chi connectivity index (χ0n) is 10.7. The van der Waals surface area contributed by atoms with Gasteiger partial charge >= 0.3 is 33.4 Å². The Morgan fingerprint density at radius 3 is 1.50 bits per heavy atom. The fourth-order valence-electron chi connectivity index (χ4n) is 1.30. The summed E-state index contributed by atoms with van der Waals surface area (Å²) in [5.74, 6) is -18.2. The zero-order valence-corrected chi connectivity index (χ0v) is 11.5. The van der Waals surface area contributed by atoms with Crippen molar-refractivity contribution in [1.82, 2.24) is 5.06 Å². The average molecular weight is 397 g/mol. The predicted molar refractivity (Wildman–Crippen MR) is 52.0 cm³/mol. The number of halogens is 9. The summed E-state index contributed by atoms with van der Waals surface area (Å²) in [4.78, 5) is 21.9. The van der Waals surface area contributed by atoms with E-state index in [0.717, 1.165) is 0 Å². The van der Waals surface area contributed by atoms with Crippen LogP contribution in [0.1, 0.15) is 12.8 Å². The first-order chi connectivity index (χ1) is 10.4. The van der Waals surface area contributed by atoms with E-state index >= 15 is 0 Å². The number of hydrogen-bond donors (Lipinski definition) is 0. The van der Waals surface area contributed by atoms with E-state index in [1.54, 1.807) is 0 Å². The summed E-state index contributed by atoms with van der Waals surface area (Å²) in [6.07, 6.45) is -8.81. The van der Waals surface area contributed by atoms with Gasteiger partial charge in [-0.15, -0.1) is 9.35 Å². The van der Waals surface area contributed by atoms with Crippen molar-refractivity contribution in [3.05, 3.63) is 0 Å². The van der Waals surface area contributed by atoms with Crippen LogP contribution in [0.5, 0.6) is 0 Å². The van der Waals surface area contributed by atoms with E-state index in [2.05, 4.69) is 4.28 Å². The number of alkyl halides is 9. The Morgan fingerprint density at radius 1 is 0.792 bits per heavy atom. The first kappa shape index (κ1) is 20.5. The van der Waals surface area contributed by atoms with Crippen molar-refractivity contribution in [3.63, 3.8) is 0 Å². The van der Waals surface area contributed by atoms with Crippen LogP contribution < -0.4 is 0 Å². The first-order valence-electron chi connectivity index (χ1n) is 5.40. The summed E-state index contributed by atoms with van der Waals surface area (Å²) >= 11 is 0. The summed E-state index contributed by atoms with van der Waals surface area (Å²) in [5.41, 5.74) is 0. The highest BCUT2D eigenvalue weighted by Gasteiger charge is 2.86. The highest BCUT2D eigenvalue weighted by atomic mass is 32.2. The molecule has 0 aromatic rings. The van der Waals surface area contributed by atoms with Gasteiger partial charge in [-0.25, -0.2) is 0 Å². The second kappa shape index (κ2) is 5.47. The van der Waals surface area contributed by atoms with E-state index in [-0.39, 0.29) is 0 Å². The van der Waals surface area contributed by atoms with Crippen LogP contribution >= 0.6 is 0 Å². The molecule has 1 heterocycles. The number of hydroxylamine groups is 2. The van der Waals surface area contributed by atoms with Gasteiger partial charge in [-0.3, -0.25) is 9.59 Å². The highest BCUT2D eigenvalue weighted by molar-refractivity contribution is 7.87. The summed E-state index contributed by atoms with van der Waals surface area (Å²) in [5, 5.41) is -8.08. The summed E-state index contributed by atoms with van der Waals surface area (Å²) in [7, 11) is -7.29. The molecule has 24 heavy (non-hydrogen) atoms. The molecule has 0 saturated carbocycles. The largest absolute Gasteiger partial charge is 0.460 e. The molecule has 2 amide bonds. The van der Waals surface area contributed by atoms with Gasteiger partial charge in [0.15, 0.2) is 0 Å². The Labute approximate surface area is 126 Å². The fraction of sp³-hybridized carbons (Fsp3) is 0.750. The lowest BCUT2D eigenvalue weighted by atomic mass is 10.1. The second-order valence-corrected chi connectivity index (χ2v) is 5.84. The van der Waals surface area contributed by atoms with E-state index in [9.17, 15) is 57.5 Å². The topological polar surface area (TPSA) is 80.8 Å². The number of amides is 2. The molecule has 0 N–H and O–H groups in total. The maximum atomic E-state index is 13.2. The van der Waals surface area contributed by atoms with Crippen LogP contribution in [0.15, 0.2) is 0 Å². The normalized spacial score (nSPS) is 18.5. The molecule has 16 heteroatoms. The Hall–Kier alpha value is -1.58. The van der Waals surface area contributed by atoms with Crippen molar-refractivity contribution in [2.45, 2.75) is 36.1 Å². The molecule has 0 aliphatic carbocycles. The molecule has 0 atom stereocenters. The van der Waals surface area contributed by atoms with E-state index in [0.29, 0.717) is 0 Å². The van der Waals surface area contributed by atoms with Crippen LogP contribution in [-0.2, 0) is 24.0 Å². The third-order valence-electron chi connectivity index (χ3n) is 2.61. The van der Waals surface area contributed by atoms with Crippen LogP contribution in [0.3, 0.4) is 0 Å². The molecule has 1 aliphatic heterocycles. The van der Waals surface area contributed by atoms with E-state index in [1.165, 1.54) is 0 Å². The molecule has 0 unspecified atom stereocenters. The van der Waals surface area contributed by atoms with Crippen molar-refractivity contribution in [2.75, 3.05) is 0 Å². The Bertz CT molecular complexity index is 639. The van der Waals surface area contributed by atoms with Crippen molar-refractivity contribution < 1.29 is 61.8 Å². The average Bonchev–Trinajstić information content (AvgIpc) is 2.68. The quantitative estimate of drug-likeness (QED) is 0.522. The molecule has 1 aliphatic rings. The van der Waals surface area contributed by atoms with Gasteiger partial charge in [-0.05, 0) is 0 Å². The Kier molecular flexibility index (Phi) is 4.66. The van der Waals surface area contributed by atoms with Crippen LogP contribution in [0.4, 0.5) is 39.5 Å². The molecule has 1 rings (SSSR count). The number of carbonyl (C=O) groups excluding carboxylic acids is 2. The van der Waals surface area contributed by atoms with Gasteiger partial charge in [0, 0.05) is 12.8 Å². The minimum Gasteiger partial charge on any atom is -0.272 e. The number of carbonyl (C=O) groups is 2. The molecule has 0 radical (unpaired) electrons. The van der Waals surface area contributed by atoms with Gasteiger partial charge in [0.2, 0.25) is 0 Å². The molecule has 0 aromatic carbocycles. The molecule has 0 spiro atoms. The van der Waals surface area contributed by atoms with Crippen molar-refractivity contribution in [3.8, 4) is 0 Å². The van der Waals surface area contributed by atoms with E-state index in [1.807, 2.05) is 0 Å². The molecular weight excluding hydrogens is 393 g/mol. The summed E-state index contributed by atoms with van der Waals surface area (Å²) in [6, 6.07) is 0. The smallest absolute Gasteiger partial charge is 0.272 e. The maximum Gasteiger partial charge on any atom is 0.460 e. The highest BCUT2D eigenvalue weighted by Crippen LogP contribution is 2.55. The summed E-state index contributed by atoms with van der Waals surface area (Å²) in [6.45, 7) is 0. The molecular formula is C8H4F9NO5S. The number of imide groups is 1. The molecule has 0 aromatic heterocycles. The first-order valence-corrected chi connectivity index (χ1v) is 6.81. The molecule has 140 valence electrons. The Morgan fingerprint density at radius 2 is 1.17 bits per heavy atom. The SMILES string of the molecule is O=C1CCC(=O)N1OS(=O)(=O)C(F)(F)C(F)(F)C(F)(F)C(F)(F)F. The van der Waals surface area contributed by atoms with E-state index in [4.69, 9.17) is 0 Å². The maximum absolute atomic E-state index is 13.2. The van der Waals surface area contributed by atoms with Crippen LogP contribution in [0.2, 0.25) is 0 Å². The van der Waals surface area contributed by atoms with Crippen LogP contribution in [-0.4, -0.2) is 48.6 Å². The van der Waals surface area contributed by atoms with Gasteiger partial charge in [-0.2, -0.15) is 47.9 Å². The van der Waals surface area contributed by atoms with Gasteiger partial charge in [0.05, 0.1) is 0 Å². The standard InChI is InChI=1S/C8H4F9NO5S/c9-5(10,7(13,14)15)6(11,12)8(16,17)24(21,22)23-18-3(19)1-2-4(18)20/h1-2H2. The van der Waals surface area contributed by atoms with Crippen molar-refractivity contribution in [1.29, 1.82) is 0 Å². The van der Waals surface area contributed by atoms with Gasteiger partial charge in [-0.1, -0.05) is 0 Å². The van der Waals surface area contributed by atoms with Crippen molar-refractivity contribution >= 4 is 21.9 Å². The monoisotopic (exact) mass is 397 g/mol. The zero-order chi connectivity index (χ0) is 19.4.